The number of amides is 1. The molecule has 0 aliphatic carbocycles. The van der Waals surface area contributed by atoms with Gasteiger partial charge >= 0.3 is 0 Å². The molecule has 0 saturated carbocycles. The molecule has 0 bridgehead atoms. The predicted molar refractivity (Wildman–Crippen MR) is 107 cm³/mol. The molecule has 1 amide bonds. The van der Waals surface area contributed by atoms with E-state index in [1.807, 2.05) is 11.6 Å². The van der Waals surface area contributed by atoms with Crippen LogP contribution in [0.3, 0.4) is 0 Å². The minimum absolute atomic E-state index is 0.0792. The number of hydrogen-bond acceptors (Lipinski definition) is 6. The quantitative estimate of drug-likeness (QED) is 0.678. The number of thioether (sulfide) groups is 1. The number of benzene rings is 1. The van der Waals surface area contributed by atoms with E-state index in [1.165, 1.54) is 17.4 Å². The lowest BCUT2D eigenvalue weighted by Gasteiger charge is -2.29. The average Bonchev–Trinajstić information content (AvgIpc) is 3.16. The van der Waals surface area contributed by atoms with Gasteiger partial charge in [0, 0.05) is 38.4 Å². The summed E-state index contributed by atoms with van der Waals surface area (Å²) in [5.74, 6) is 0.434. The molecule has 0 unspecified atom stereocenters. The number of rotatable bonds is 7. The van der Waals surface area contributed by atoms with Crippen LogP contribution in [0, 0.1) is 0 Å². The van der Waals surface area contributed by atoms with E-state index in [1.54, 1.807) is 11.2 Å². The van der Waals surface area contributed by atoms with Crippen molar-refractivity contribution in [3.8, 4) is 0 Å². The fourth-order valence-corrected chi connectivity index (χ4v) is 3.91. The summed E-state index contributed by atoms with van der Waals surface area (Å²) in [7, 11) is 1.84. The van der Waals surface area contributed by atoms with Gasteiger partial charge in [-0.2, -0.15) is 0 Å². The molecule has 0 spiro atoms. The Morgan fingerprint density at radius 3 is 2.63 bits per heavy atom. The molecular weight excluding hydrogens is 362 g/mol. The highest BCUT2D eigenvalue weighted by Crippen LogP contribution is 2.20. The molecule has 1 fully saturated rings. The van der Waals surface area contributed by atoms with Crippen molar-refractivity contribution in [3.05, 3.63) is 36.2 Å². The number of morpholine rings is 1. The summed E-state index contributed by atoms with van der Waals surface area (Å²) >= 11 is 1.43. The van der Waals surface area contributed by atoms with Gasteiger partial charge in [-0.15, -0.1) is 10.2 Å². The zero-order chi connectivity index (χ0) is 19.2. The van der Waals surface area contributed by atoms with E-state index >= 15 is 0 Å². The van der Waals surface area contributed by atoms with Crippen LogP contribution in [0.4, 0.5) is 5.69 Å². The van der Waals surface area contributed by atoms with E-state index in [9.17, 15) is 4.79 Å². The van der Waals surface area contributed by atoms with E-state index in [-0.39, 0.29) is 11.9 Å². The molecule has 0 radical (unpaired) electrons. The lowest BCUT2D eigenvalue weighted by molar-refractivity contribution is -0.127. The van der Waals surface area contributed by atoms with Crippen molar-refractivity contribution in [1.82, 2.24) is 19.7 Å². The maximum absolute atomic E-state index is 12.5. The van der Waals surface area contributed by atoms with Crippen molar-refractivity contribution in [2.24, 2.45) is 0 Å². The van der Waals surface area contributed by atoms with Crippen molar-refractivity contribution in [2.45, 2.75) is 31.6 Å². The first kappa shape index (κ1) is 19.7. The number of nitrogens with zero attached hydrogens (tertiary/aromatic N) is 5. The Morgan fingerprint density at radius 1 is 1.26 bits per heavy atom. The first-order valence-corrected chi connectivity index (χ1v) is 10.2. The van der Waals surface area contributed by atoms with Gasteiger partial charge in [-0.3, -0.25) is 4.79 Å². The average molecular weight is 390 g/mol. The fourth-order valence-electron chi connectivity index (χ4n) is 2.92. The predicted octanol–water partition coefficient (Wildman–Crippen LogP) is 2.45. The minimum atomic E-state index is 0.0792. The number of carbonyl (C=O) groups is 1. The van der Waals surface area contributed by atoms with Gasteiger partial charge in [0.1, 0.15) is 6.33 Å². The number of carbonyl (C=O) groups excluding carboxylic acids is 1. The molecule has 1 aromatic carbocycles. The van der Waals surface area contributed by atoms with Crippen LogP contribution in [0.15, 0.2) is 35.7 Å². The van der Waals surface area contributed by atoms with Gasteiger partial charge in [-0.1, -0.05) is 23.9 Å². The topological polar surface area (TPSA) is 63.5 Å². The molecule has 2 heterocycles. The summed E-state index contributed by atoms with van der Waals surface area (Å²) in [5, 5.41) is 8.81. The van der Waals surface area contributed by atoms with Crippen molar-refractivity contribution in [1.29, 1.82) is 0 Å². The molecule has 2 aromatic rings. The van der Waals surface area contributed by atoms with Crippen LogP contribution < -0.4 is 4.90 Å². The molecule has 1 aromatic heterocycles. The number of anilines is 1. The normalized spacial score (nSPS) is 14.6. The van der Waals surface area contributed by atoms with Crippen molar-refractivity contribution in [2.75, 3.05) is 44.0 Å². The third kappa shape index (κ3) is 5.23. The van der Waals surface area contributed by atoms with Gasteiger partial charge in [0.25, 0.3) is 0 Å². The maximum atomic E-state index is 12.5. The molecule has 1 aliphatic heterocycles. The second-order valence-electron chi connectivity index (χ2n) is 6.92. The van der Waals surface area contributed by atoms with E-state index < -0.39 is 0 Å². The Hall–Kier alpha value is -2.06. The van der Waals surface area contributed by atoms with Crippen LogP contribution in [0.25, 0.3) is 0 Å². The molecule has 3 rings (SSSR count). The van der Waals surface area contributed by atoms with Crippen LogP contribution in [-0.2, 0) is 16.1 Å². The molecule has 0 N–H and O–H groups in total. The Labute approximate surface area is 164 Å². The van der Waals surface area contributed by atoms with Crippen molar-refractivity contribution in [3.63, 3.8) is 0 Å². The summed E-state index contributed by atoms with van der Waals surface area (Å²) in [5.41, 5.74) is 2.33. The first-order valence-electron chi connectivity index (χ1n) is 9.22. The zero-order valence-corrected chi connectivity index (χ0v) is 17.0. The Kier molecular flexibility index (Phi) is 6.73. The van der Waals surface area contributed by atoms with Crippen LogP contribution >= 0.6 is 11.8 Å². The SMILES string of the molecule is CC(C)n1cnnc1SCC(=O)N(C)Cc1ccc(N2CCOCC2)cc1. The Balaban J connectivity index is 1.51. The minimum Gasteiger partial charge on any atom is -0.378 e. The second-order valence-corrected chi connectivity index (χ2v) is 7.86. The summed E-state index contributed by atoms with van der Waals surface area (Å²) in [6, 6.07) is 8.71. The van der Waals surface area contributed by atoms with E-state index in [0.717, 1.165) is 37.0 Å². The lowest BCUT2D eigenvalue weighted by Crippen LogP contribution is -2.36. The third-order valence-corrected chi connectivity index (χ3v) is 5.52. The summed E-state index contributed by atoms with van der Waals surface area (Å²) in [6.07, 6.45) is 1.71. The second kappa shape index (κ2) is 9.23. The summed E-state index contributed by atoms with van der Waals surface area (Å²) in [4.78, 5) is 16.5. The zero-order valence-electron chi connectivity index (χ0n) is 16.2. The van der Waals surface area contributed by atoms with Crippen LogP contribution in [0.2, 0.25) is 0 Å². The largest absolute Gasteiger partial charge is 0.378 e. The van der Waals surface area contributed by atoms with E-state index in [2.05, 4.69) is 53.2 Å². The van der Waals surface area contributed by atoms with Crippen molar-refractivity contribution < 1.29 is 9.53 Å². The summed E-state index contributed by atoms with van der Waals surface area (Å²) < 4.78 is 7.37. The van der Waals surface area contributed by atoms with Crippen LogP contribution in [0.1, 0.15) is 25.5 Å². The number of ether oxygens (including phenoxy) is 1. The number of aromatic nitrogens is 3. The van der Waals surface area contributed by atoms with Crippen LogP contribution in [0.5, 0.6) is 0 Å². The monoisotopic (exact) mass is 389 g/mol. The first-order chi connectivity index (χ1) is 13.0. The molecule has 0 atom stereocenters. The highest BCUT2D eigenvalue weighted by molar-refractivity contribution is 7.99. The Bertz CT molecular complexity index is 741. The van der Waals surface area contributed by atoms with Gasteiger partial charge in [0.2, 0.25) is 5.91 Å². The molecule has 7 nitrogen and oxygen atoms in total. The van der Waals surface area contributed by atoms with Gasteiger partial charge in [0.05, 0.1) is 19.0 Å². The number of hydrogen-bond donors (Lipinski definition) is 0. The Morgan fingerprint density at radius 2 is 1.96 bits per heavy atom. The molecular formula is C19H27N5O2S. The standard InChI is InChI=1S/C19H27N5O2S/c1-15(2)24-14-20-21-19(24)27-13-18(25)22(3)12-16-4-6-17(7-5-16)23-8-10-26-11-9-23/h4-7,14-15H,8-13H2,1-3H3. The third-order valence-electron chi connectivity index (χ3n) is 4.58. The van der Waals surface area contributed by atoms with E-state index in [0.29, 0.717) is 12.3 Å². The van der Waals surface area contributed by atoms with Gasteiger partial charge in [-0.25, -0.2) is 0 Å². The smallest absolute Gasteiger partial charge is 0.233 e. The highest BCUT2D eigenvalue weighted by Gasteiger charge is 2.15. The van der Waals surface area contributed by atoms with Crippen molar-refractivity contribution >= 4 is 23.4 Å². The van der Waals surface area contributed by atoms with Gasteiger partial charge in [0.15, 0.2) is 5.16 Å². The van der Waals surface area contributed by atoms with E-state index in [4.69, 9.17) is 4.74 Å². The molecule has 1 aliphatic rings. The maximum Gasteiger partial charge on any atom is 0.233 e. The molecule has 146 valence electrons. The van der Waals surface area contributed by atoms with Gasteiger partial charge in [-0.05, 0) is 31.5 Å². The molecule has 8 heteroatoms. The summed E-state index contributed by atoms with van der Waals surface area (Å²) in [6.45, 7) is 8.15. The highest BCUT2D eigenvalue weighted by atomic mass is 32.2. The molecule has 27 heavy (non-hydrogen) atoms. The van der Waals surface area contributed by atoms with Gasteiger partial charge < -0.3 is 19.1 Å². The lowest BCUT2D eigenvalue weighted by atomic mass is 10.2. The fraction of sp³-hybridized carbons (Fsp3) is 0.526. The molecule has 1 saturated heterocycles. The van der Waals surface area contributed by atoms with Crippen LogP contribution in [-0.4, -0.2) is 64.7 Å².